The lowest BCUT2D eigenvalue weighted by atomic mass is 10.1. The van der Waals surface area contributed by atoms with Gasteiger partial charge in [0.15, 0.2) is 0 Å². The van der Waals surface area contributed by atoms with E-state index in [1.54, 1.807) is 27.7 Å². The van der Waals surface area contributed by atoms with E-state index in [-0.39, 0.29) is 11.9 Å². The molecule has 3 amide bonds. The highest BCUT2D eigenvalue weighted by atomic mass is 16.6. The van der Waals surface area contributed by atoms with E-state index in [2.05, 4.69) is 5.32 Å². The Morgan fingerprint density at radius 2 is 1.86 bits per heavy atom. The third kappa shape index (κ3) is 4.94. The Bertz CT molecular complexity index is 644. The summed E-state index contributed by atoms with van der Waals surface area (Å²) in [5.41, 5.74) is -0.685. The molecule has 2 rings (SSSR count). The summed E-state index contributed by atoms with van der Waals surface area (Å²) in [5.74, 6) is -1.84. The van der Waals surface area contributed by atoms with Crippen LogP contribution in [0.1, 0.15) is 59.8 Å². The molecule has 0 aromatic heterocycles. The first-order valence-electron chi connectivity index (χ1n) is 9.73. The zero-order chi connectivity index (χ0) is 21.2. The summed E-state index contributed by atoms with van der Waals surface area (Å²) in [4.78, 5) is 51.8. The van der Waals surface area contributed by atoms with Crippen molar-refractivity contribution in [3.05, 3.63) is 0 Å². The lowest BCUT2D eigenvalue weighted by Gasteiger charge is -2.31. The Labute approximate surface area is 165 Å². The number of fused-ring (bicyclic) bond motifs is 1. The van der Waals surface area contributed by atoms with Gasteiger partial charge in [-0.3, -0.25) is 14.5 Å². The number of rotatable bonds is 4. The molecule has 2 aliphatic heterocycles. The maximum Gasteiger partial charge on any atom is 0.410 e. The number of likely N-dealkylation sites (N-methyl/N-ethyl adjacent to an activating group) is 1. The predicted molar refractivity (Wildman–Crippen MR) is 101 cm³/mol. The Balaban J connectivity index is 2.04. The third-order valence-corrected chi connectivity index (χ3v) is 5.33. The largest absolute Gasteiger partial charge is 0.480 e. The van der Waals surface area contributed by atoms with Gasteiger partial charge in [-0.2, -0.15) is 0 Å². The fourth-order valence-corrected chi connectivity index (χ4v) is 3.70. The molecule has 2 heterocycles. The molecule has 2 N–H and O–H groups in total. The van der Waals surface area contributed by atoms with Crippen LogP contribution in [0.25, 0.3) is 0 Å². The fraction of sp³-hybridized carbons (Fsp3) is 0.789. The van der Waals surface area contributed by atoms with Crippen LogP contribution >= 0.6 is 0 Å². The Morgan fingerprint density at radius 1 is 1.21 bits per heavy atom. The van der Waals surface area contributed by atoms with Gasteiger partial charge in [0.25, 0.3) is 0 Å². The number of amides is 3. The quantitative estimate of drug-likeness (QED) is 0.740. The standard InChI is InChI=1S/C19H31N3O6/c1-11(21(5)18(27)28-19(2,3)4)15(23)20-13-8-6-7-12-9-10-14(17(25)26)22(12)16(13)24/h11-14H,6-10H2,1-5H3,(H,20,23)(H,25,26)/t11-,12?,13-,14-/m0/s1. The van der Waals surface area contributed by atoms with Gasteiger partial charge in [-0.1, -0.05) is 0 Å². The highest BCUT2D eigenvalue weighted by molar-refractivity contribution is 5.93. The molecule has 9 heteroatoms. The van der Waals surface area contributed by atoms with Crippen molar-refractivity contribution in [3.63, 3.8) is 0 Å². The van der Waals surface area contributed by atoms with Gasteiger partial charge in [-0.05, 0) is 59.8 Å². The number of carboxylic acids is 1. The van der Waals surface area contributed by atoms with Crippen molar-refractivity contribution < 1.29 is 29.0 Å². The van der Waals surface area contributed by atoms with Crippen molar-refractivity contribution >= 4 is 23.9 Å². The molecule has 2 saturated heterocycles. The van der Waals surface area contributed by atoms with Crippen LogP contribution in [-0.4, -0.2) is 75.6 Å². The van der Waals surface area contributed by atoms with E-state index in [0.717, 1.165) is 12.8 Å². The molecular formula is C19H31N3O6. The van der Waals surface area contributed by atoms with Crippen LogP contribution in [0.2, 0.25) is 0 Å². The van der Waals surface area contributed by atoms with Gasteiger partial charge in [0, 0.05) is 13.1 Å². The van der Waals surface area contributed by atoms with E-state index in [4.69, 9.17) is 4.74 Å². The van der Waals surface area contributed by atoms with Gasteiger partial charge in [0.1, 0.15) is 23.7 Å². The number of nitrogens with zero attached hydrogens (tertiary/aromatic N) is 2. The van der Waals surface area contributed by atoms with E-state index in [1.165, 1.54) is 16.8 Å². The molecule has 0 spiro atoms. The van der Waals surface area contributed by atoms with Crippen LogP contribution in [0.4, 0.5) is 4.79 Å². The summed E-state index contributed by atoms with van der Waals surface area (Å²) in [6, 6.07) is -2.54. The number of hydrogen-bond donors (Lipinski definition) is 2. The summed E-state index contributed by atoms with van der Waals surface area (Å²) in [5, 5.41) is 12.1. The van der Waals surface area contributed by atoms with Gasteiger partial charge < -0.3 is 20.1 Å². The van der Waals surface area contributed by atoms with Gasteiger partial charge in [-0.15, -0.1) is 0 Å². The van der Waals surface area contributed by atoms with Crippen molar-refractivity contribution in [2.24, 2.45) is 0 Å². The second-order valence-electron chi connectivity index (χ2n) is 8.59. The fourth-order valence-electron chi connectivity index (χ4n) is 3.70. The Hall–Kier alpha value is -2.32. The molecule has 1 unspecified atom stereocenters. The number of carbonyl (C=O) groups excluding carboxylic acids is 3. The molecule has 0 bridgehead atoms. The molecule has 0 aromatic rings. The molecule has 0 radical (unpaired) electrons. The Kier molecular flexibility index (Phi) is 6.56. The van der Waals surface area contributed by atoms with Gasteiger partial charge in [0.05, 0.1) is 0 Å². The summed E-state index contributed by atoms with van der Waals surface area (Å²) in [7, 11) is 1.46. The second kappa shape index (κ2) is 8.36. The van der Waals surface area contributed by atoms with Crippen LogP contribution in [-0.2, 0) is 19.1 Å². The first-order chi connectivity index (χ1) is 12.9. The number of carbonyl (C=O) groups is 4. The lowest BCUT2D eigenvalue weighted by molar-refractivity contribution is -0.150. The van der Waals surface area contributed by atoms with Crippen molar-refractivity contribution in [2.45, 2.75) is 89.6 Å². The first kappa shape index (κ1) is 22.0. The van der Waals surface area contributed by atoms with Crippen molar-refractivity contribution in [2.75, 3.05) is 7.05 Å². The highest BCUT2D eigenvalue weighted by Gasteiger charge is 2.45. The van der Waals surface area contributed by atoms with Crippen LogP contribution in [0.3, 0.4) is 0 Å². The monoisotopic (exact) mass is 397 g/mol. The SMILES string of the molecule is C[C@@H](C(=O)N[C@H]1CCCC2CC[C@@H](C(=O)O)N2C1=O)N(C)C(=O)OC(C)(C)C. The minimum Gasteiger partial charge on any atom is -0.480 e. The van der Waals surface area contributed by atoms with E-state index in [1.807, 2.05) is 0 Å². The van der Waals surface area contributed by atoms with E-state index in [0.29, 0.717) is 19.3 Å². The summed E-state index contributed by atoms with van der Waals surface area (Å²) in [6.07, 6.45) is 2.38. The zero-order valence-corrected chi connectivity index (χ0v) is 17.2. The predicted octanol–water partition coefficient (Wildman–Crippen LogP) is 1.35. The Morgan fingerprint density at radius 3 is 2.43 bits per heavy atom. The normalized spacial score (nSPS) is 26.1. The van der Waals surface area contributed by atoms with E-state index >= 15 is 0 Å². The van der Waals surface area contributed by atoms with Gasteiger partial charge in [0.2, 0.25) is 11.8 Å². The lowest BCUT2D eigenvalue weighted by Crippen LogP contribution is -2.56. The molecule has 0 aliphatic carbocycles. The number of hydrogen-bond acceptors (Lipinski definition) is 5. The summed E-state index contributed by atoms with van der Waals surface area (Å²) in [6.45, 7) is 6.76. The molecule has 4 atom stereocenters. The van der Waals surface area contributed by atoms with Gasteiger partial charge >= 0.3 is 12.1 Å². The van der Waals surface area contributed by atoms with Crippen LogP contribution in [0.15, 0.2) is 0 Å². The van der Waals surface area contributed by atoms with Crippen molar-refractivity contribution in [3.8, 4) is 0 Å². The molecule has 2 aliphatic rings. The molecular weight excluding hydrogens is 366 g/mol. The summed E-state index contributed by atoms with van der Waals surface area (Å²) < 4.78 is 5.27. The molecule has 28 heavy (non-hydrogen) atoms. The van der Waals surface area contributed by atoms with Crippen molar-refractivity contribution in [1.29, 1.82) is 0 Å². The minimum atomic E-state index is -1.01. The minimum absolute atomic E-state index is 0.0858. The average Bonchev–Trinajstić information content (AvgIpc) is 2.95. The topological polar surface area (TPSA) is 116 Å². The van der Waals surface area contributed by atoms with Crippen LogP contribution in [0, 0.1) is 0 Å². The molecule has 158 valence electrons. The molecule has 0 aromatic carbocycles. The van der Waals surface area contributed by atoms with Crippen LogP contribution in [0.5, 0.6) is 0 Å². The van der Waals surface area contributed by atoms with Gasteiger partial charge in [-0.25, -0.2) is 9.59 Å². The maximum atomic E-state index is 12.9. The average molecular weight is 397 g/mol. The number of carboxylic acid groups (broad SMARTS) is 1. The number of ether oxygens (including phenoxy) is 1. The maximum absolute atomic E-state index is 12.9. The first-order valence-corrected chi connectivity index (χ1v) is 9.73. The van der Waals surface area contributed by atoms with E-state index < -0.39 is 41.7 Å². The van der Waals surface area contributed by atoms with E-state index in [9.17, 15) is 24.3 Å². The van der Waals surface area contributed by atoms with Crippen LogP contribution < -0.4 is 5.32 Å². The molecule has 0 saturated carbocycles. The third-order valence-electron chi connectivity index (χ3n) is 5.33. The number of aliphatic carboxylic acids is 1. The number of nitrogens with one attached hydrogen (secondary N) is 1. The highest BCUT2D eigenvalue weighted by Crippen LogP contribution is 2.31. The van der Waals surface area contributed by atoms with Crippen molar-refractivity contribution in [1.82, 2.24) is 15.1 Å². The molecule has 2 fully saturated rings. The summed E-state index contributed by atoms with van der Waals surface area (Å²) >= 11 is 0. The molecule has 9 nitrogen and oxygen atoms in total. The second-order valence-corrected chi connectivity index (χ2v) is 8.59. The zero-order valence-electron chi connectivity index (χ0n) is 17.2. The smallest absolute Gasteiger partial charge is 0.410 e.